The predicted octanol–water partition coefficient (Wildman–Crippen LogP) is 5.28. The predicted molar refractivity (Wildman–Crippen MR) is 99.7 cm³/mol. The molecule has 3 aromatic rings. The van der Waals surface area contributed by atoms with E-state index in [4.69, 9.17) is 0 Å². The van der Waals surface area contributed by atoms with Crippen molar-refractivity contribution in [1.29, 1.82) is 0 Å². The van der Waals surface area contributed by atoms with E-state index in [1.54, 1.807) is 12.1 Å². The fourth-order valence-electron chi connectivity index (χ4n) is 2.62. The van der Waals surface area contributed by atoms with Crippen LogP contribution >= 0.6 is 0 Å². The Morgan fingerprint density at radius 1 is 1.00 bits per heavy atom. The van der Waals surface area contributed by atoms with Crippen LogP contribution in [0.3, 0.4) is 0 Å². The van der Waals surface area contributed by atoms with E-state index < -0.39 is 0 Å². The van der Waals surface area contributed by atoms with E-state index in [1.807, 2.05) is 41.2 Å². The third-order valence-electron chi connectivity index (χ3n) is 4.01. The lowest BCUT2D eigenvalue weighted by Gasteiger charge is -2.06. The molecule has 0 radical (unpaired) electrons. The molecule has 0 bridgehead atoms. The molecule has 1 N–H and O–H groups in total. The van der Waals surface area contributed by atoms with Crippen LogP contribution in [-0.2, 0) is 6.42 Å². The summed E-state index contributed by atoms with van der Waals surface area (Å²) in [5.41, 5.74) is 4.31. The Kier molecular flexibility index (Phi) is 5.12. The molecular formula is C21H22N2O. The van der Waals surface area contributed by atoms with Gasteiger partial charge in [0.15, 0.2) is 0 Å². The standard InChI is InChI=1S/C21H22N2O/c1-2-3-5-17-7-9-18(10-8-17)22-16-20-6-4-15-23(20)19-11-13-21(24)14-12-19/h4,6-16,24H,2-3,5H2,1H3. The number of benzene rings is 2. The van der Waals surface area contributed by atoms with E-state index >= 15 is 0 Å². The third kappa shape index (κ3) is 3.93. The second kappa shape index (κ2) is 7.64. The molecule has 0 saturated carbocycles. The van der Waals surface area contributed by atoms with Gasteiger partial charge in [0.25, 0.3) is 0 Å². The van der Waals surface area contributed by atoms with Crippen molar-refractivity contribution in [3.05, 3.63) is 78.1 Å². The molecule has 0 fully saturated rings. The fraction of sp³-hybridized carbons (Fsp3) is 0.190. The molecule has 0 aliphatic heterocycles. The summed E-state index contributed by atoms with van der Waals surface area (Å²) in [5.74, 6) is 0.268. The Morgan fingerprint density at radius 2 is 1.75 bits per heavy atom. The van der Waals surface area contributed by atoms with Crippen LogP contribution in [0, 0.1) is 0 Å². The molecule has 3 heteroatoms. The van der Waals surface area contributed by atoms with Crippen LogP contribution in [0.1, 0.15) is 31.0 Å². The molecule has 0 spiro atoms. The maximum absolute atomic E-state index is 9.42. The van der Waals surface area contributed by atoms with Crippen molar-refractivity contribution in [3.63, 3.8) is 0 Å². The first-order chi connectivity index (χ1) is 11.8. The molecule has 24 heavy (non-hydrogen) atoms. The molecule has 1 heterocycles. The Hall–Kier alpha value is -2.81. The van der Waals surface area contributed by atoms with Gasteiger partial charge in [-0.1, -0.05) is 25.5 Å². The molecule has 0 atom stereocenters. The van der Waals surface area contributed by atoms with Crippen molar-refractivity contribution >= 4 is 11.9 Å². The van der Waals surface area contributed by atoms with Gasteiger partial charge in [-0.05, 0) is 66.9 Å². The zero-order valence-electron chi connectivity index (χ0n) is 13.9. The summed E-state index contributed by atoms with van der Waals surface area (Å²) in [5, 5.41) is 9.42. The van der Waals surface area contributed by atoms with Crippen molar-refractivity contribution < 1.29 is 5.11 Å². The molecule has 0 saturated heterocycles. The lowest BCUT2D eigenvalue weighted by molar-refractivity contribution is 0.475. The second-order valence-electron chi connectivity index (χ2n) is 5.85. The lowest BCUT2D eigenvalue weighted by Crippen LogP contribution is -1.97. The van der Waals surface area contributed by atoms with Gasteiger partial charge in [0.05, 0.1) is 17.6 Å². The number of hydrogen-bond acceptors (Lipinski definition) is 2. The molecule has 0 aliphatic carbocycles. The first-order valence-corrected chi connectivity index (χ1v) is 8.36. The normalized spacial score (nSPS) is 11.2. The number of phenolic OH excluding ortho intramolecular Hbond substituents is 1. The SMILES string of the molecule is CCCCc1ccc(N=Cc2cccn2-c2ccc(O)cc2)cc1. The number of phenols is 1. The number of aliphatic imine (C=N–C) groups is 1. The Morgan fingerprint density at radius 3 is 2.46 bits per heavy atom. The molecule has 3 nitrogen and oxygen atoms in total. The number of aromatic nitrogens is 1. The molecule has 0 aliphatic rings. The first kappa shape index (κ1) is 16.1. The van der Waals surface area contributed by atoms with E-state index in [9.17, 15) is 5.11 Å². The summed E-state index contributed by atoms with van der Waals surface area (Å²) < 4.78 is 2.04. The highest BCUT2D eigenvalue weighted by Gasteiger charge is 2.01. The van der Waals surface area contributed by atoms with Gasteiger partial charge >= 0.3 is 0 Å². The third-order valence-corrected chi connectivity index (χ3v) is 4.01. The minimum Gasteiger partial charge on any atom is -0.508 e. The van der Waals surface area contributed by atoms with E-state index in [0.717, 1.165) is 23.5 Å². The smallest absolute Gasteiger partial charge is 0.115 e. The molecule has 2 aromatic carbocycles. The minimum atomic E-state index is 0.268. The lowest BCUT2D eigenvalue weighted by atomic mass is 10.1. The second-order valence-corrected chi connectivity index (χ2v) is 5.85. The summed E-state index contributed by atoms with van der Waals surface area (Å²) in [7, 11) is 0. The van der Waals surface area contributed by atoms with Gasteiger partial charge < -0.3 is 9.67 Å². The van der Waals surface area contributed by atoms with Crippen molar-refractivity contribution in [2.45, 2.75) is 26.2 Å². The molecule has 122 valence electrons. The highest BCUT2D eigenvalue weighted by molar-refractivity contribution is 5.81. The van der Waals surface area contributed by atoms with Crippen LogP contribution in [0.5, 0.6) is 5.75 Å². The van der Waals surface area contributed by atoms with Gasteiger partial charge in [-0.25, -0.2) is 0 Å². The van der Waals surface area contributed by atoms with Gasteiger partial charge in [0, 0.05) is 11.9 Å². The zero-order chi connectivity index (χ0) is 16.8. The summed E-state index contributed by atoms with van der Waals surface area (Å²) in [6, 6.07) is 19.6. The number of aromatic hydroxyl groups is 1. The summed E-state index contributed by atoms with van der Waals surface area (Å²) in [6.45, 7) is 2.21. The van der Waals surface area contributed by atoms with Crippen LogP contribution in [0.4, 0.5) is 5.69 Å². The van der Waals surface area contributed by atoms with Gasteiger partial charge in [0.2, 0.25) is 0 Å². The average Bonchev–Trinajstić information content (AvgIpc) is 3.08. The Balaban J connectivity index is 1.75. The number of hydrogen-bond donors (Lipinski definition) is 1. The van der Waals surface area contributed by atoms with Gasteiger partial charge in [0.1, 0.15) is 5.75 Å². The molecular weight excluding hydrogens is 296 g/mol. The quantitative estimate of drug-likeness (QED) is 0.617. The summed E-state index contributed by atoms with van der Waals surface area (Å²) >= 11 is 0. The van der Waals surface area contributed by atoms with Gasteiger partial charge in [-0.2, -0.15) is 0 Å². The zero-order valence-corrected chi connectivity index (χ0v) is 13.9. The van der Waals surface area contributed by atoms with Crippen LogP contribution < -0.4 is 0 Å². The molecule has 0 unspecified atom stereocenters. The van der Waals surface area contributed by atoms with Crippen LogP contribution in [0.25, 0.3) is 5.69 Å². The molecule has 0 amide bonds. The maximum atomic E-state index is 9.42. The highest BCUT2D eigenvalue weighted by Crippen LogP contribution is 2.18. The van der Waals surface area contributed by atoms with Gasteiger partial charge in [-0.3, -0.25) is 4.99 Å². The van der Waals surface area contributed by atoms with Crippen molar-refractivity contribution in [3.8, 4) is 11.4 Å². The van der Waals surface area contributed by atoms with Crippen LogP contribution in [0.2, 0.25) is 0 Å². The van der Waals surface area contributed by atoms with E-state index in [-0.39, 0.29) is 5.75 Å². The van der Waals surface area contributed by atoms with Crippen LogP contribution in [0.15, 0.2) is 71.9 Å². The maximum Gasteiger partial charge on any atom is 0.115 e. The average molecular weight is 318 g/mol. The van der Waals surface area contributed by atoms with Crippen LogP contribution in [-0.4, -0.2) is 15.9 Å². The van der Waals surface area contributed by atoms with E-state index in [1.165, 1.54) is 18.4 Å². The number of aryl methyl sites for hydroxylation is 1. The van der Waals surface area contributed by atoms with E-state index in [0.29, 0.717) is 0 Å². The van der Waals surface area contributed by atoms with Crippen molar-refractivity contribution in [2.24, 2.45) is 4.99 Å². The topological polar surface area (TPSA) is 37.5 Å². The summed E-state index contributed by atoms with van der Waals surface area (Å²) in [6.07, 6.45) is 7.43. The molecule has 1 aromatic heterocycles. The monoisotopic (exact) mass is 318 g/mol. The van der Waals surface area contributed by atoms with Gasteiger partial charge in [-0.15, -0.1) is 0 Å². The van der Waals surface area contributed by atoms with Crippen molar-refractivity contribution in [1.82, 2.24) is 4.57 Å². The van der Waals surface area contributed by atoms with Crippen molar-refractivity contribution in [2.75, 3.05) is 0 Å². The minimum absolute atomic E-state index is 0.268. The number of rotatable bonds is 6. The summed E-state index contributed by atoms with van der Waals surface area (Å²) in [4.78, 5) is 4.58. The molecule has 3 rings (SSSR count). The fourth-order valence-corrected chi connectivity index (χ4v) is 2.62. The first-order valence-electron chi connectivity index (χ1n) is 8.36. The number of unbranched alkanes of at least 4 members (excludes halogenated alkanes) is 1. The Labute approximate surface area is 142 Å². The Bertz CT molecular complexity index is 799. The number of nitrogens with zero attached hydrogens (tertiary/aromatic N) is 2. The van der Waals surface area contributed by atoms with E-state index in [2.05, 4.69) is 36.2 Å². The highest BCUT2D eigenvalue weighted by atomic mass is 16.3. The largest absolute Gasteiger partial charge is 0.508 e.